The van der Waals surface area contributed by atoms with Gasteiger partial charge in [0.25, 0.3) is 0 Å². The Labute approximate surface area is 207 Å². The molecule has 4 saturated carbocycles. The van der Waals surface area contributed by atoms with E-state index in [0.717, 1.165) is 38.5 Å². The fraction of sp³-hybridized carbons (Fsp3) is 0.933. The average Bonchev–Trinajstić information content (AvgIpc) is 2.77. The molecule has 5 aliphatic rings. The lowest BCUT2D eigenvalue weighted by molar-refractivity contribution is -0.243. The first kappa shape index (κ1) is 25.2. The fourth-order valence-corrected chi connectivity index (χ4v) is 10.8. The van der Waals surface area contributed by atoms with Gasteiger partial charge in [-0.25, -0.2) is 0 Å². The molecule has 4 nitrogen and oxygen atoms in total. The van der Waals surface area contributed by atoms with E-state index in [2.05, 4.69) is 40.7 Å². The van der Waals surface area contributed by atoms with Crippen LogP contribution in [0, 0.1) is 50.2 Å². The van der Waals surface area contributed by atoms with E-state index in [9.17, 15) is 20.4 Å². The first-order valence-electron chi connectivity index (χ1n) is 14.0. The van der Waals surface area contributed by atoms with Crippen LogP contribution in [0.15, 0.2) is 11.6 Å². The Balaban J connectivity index is 1.59. The van der Waals surface area contributed by atoms with Crippen molar-refractivity contribution in [2.24, 2.45) is 50.2 Å². The molecule has 4 heteroatoms. The van der Waals surface area contributed by atoms with E-state index in [1.165, 1.54) is 12.8 Å². The summed E-state index contributed by atoms with van der Waals surface area (Å²) in [5, 5.41) is 43.0. The van der Waals surface area contributed by atoms with E-state index in [1.807, 2.05) is 6.92 Å². The van der Waals surface area contributed by atoms with Gasteiger partial charge in [-0.15, -0.1) is 0 Å². The first-order valence-corrected chi connectivity index (χ1v) is 14.0. The van der Waals surface area contributed by atoms with Crippen molar-refractivity contribution in [3.63, 3.8) is 0 Å². The molecular weight excluding hydrogens is 424 g/mol. The van der Waals surface area contributed by atoms with Gasteiger partial charge in [0.05, 0.1) is 18.8 Å². The molecule has 0 radical (unpaired) electrons. The predicted molar refractivity (Wildman–Crippen MR) is 135 cm³/mol. The molecule has 0 spiro atoms. The maximum Gasteiger partial charge on any atom is 0.0877 e. The third-order valence-electron chi connectivity index (χ3n) is 13.2. The lowest BCUT2D eigenvalue weighted by Crippen LogP contribution is -2.68. The van der Waals surface area contributed by atoms with Crippen LogP contribution >= 0.6 is 0 Å². The highest BCUT2D eigenvalue weighted by atomic mass is 16.3. The fourth-order valence-electron chi connectivity index (χ4n) is 10.8. The van der Waals surface area contributed by atoms with Crippen molar-refractivity contribution in [1.29, 1.82) is 0 Å². The largest absolute Gasteiger partial charge is 0.396 e. The molecule has 34 heavy (non-hydrogen) atoms. The molecule has 0 aliphatic heterocycles. The molecule has 0 bridgehead atoms. The lowest BCUT2D eigenvalue weighted by Gasteiger charge is -2.71. The highest BCUT2D eigenvalue weighted by molar-refractivity contribution is 5.34. The van der Waals surface area contributed by atoms with Crippen molar-refractivity contribution < 1.29 is 20.4 Å². The standard InChI is InChI=1S/C30H50O4/c1-25(2)11-13-30(18-32)14-12-28(5)19(20(30)15-25)7-8-23-26(3)16-21(33)24(34)27(4,17-31)22(26)9-10-29(23,28)6/h7,20-24,31-34H,8-18H2,1-6H3. The Morgan fingerprint density at radius 3 is 2.15 bits per heavy atom. The zero-order valence-electron chi connectivity index (χ0n) is 22.5. The lowest BCUT2D eigenvalue weighted by atomic mass is 9.33. The topological polar surface area (TPSA) is 80.9 Å². The van der Waals surface area contributed by atoms with Crippen molar-refractivity contribution in [2.75, 3.05) is 13.2 Å². The Morgan fingerprint density at radius 1 is 0.824 bits per heavy atom. The van der Waals surface area contributed by atoms with Crippen LogP contribution < -0.4 is 0 Å². The van der Waals surface area contributed by atoms with Gasteiger partial charge in [0.2, 0.25) is 0 Å². The molecule has 10 unspecified atom stereocenters. The molecule has 0 aromatic carbocycles. The molecule has 10 atom stereocenters. The minimum Gasteiger partial charge on any atom is -0.396 e. The van der Waals surface area contributed by atoms with Crippen molar-refractivity contribution in [2.45, 2.75) is 112 Å². The van der Waals surface area contributed by atoms with Gasteiger partial charge in [0, 0.05) is 17.4 Å². The van der Waals surface area contributed by atoms with Gasteiger partial charge in [-0.3, -0.25) is 0 Å². The molecular formula is C30H50O4. The zero-order valence-corrected chi connectivity index (χ0v) is 22.5. The number of fused-ring (bicyclic) bond motifs is 7. The number of hydrogen-bond donors (Lipinski definition) is 4. The summed E-state index contributed by atoms with van der Waals surface area (Å²) >= 11 is 0. The van der Waals surface area contributed by atoms with E-state index in [-0.39, 0.29) is 34.2 Å². The summed E-state index contributed by atoms with van der Waals surface area (Å²) in [5.74, 6) is 1.08. The number of allylic oxidation sites excluding steroid dienone is 2. The monoisotopic (exact) mass is 474 g/mol. The number of aliphatic hydroxyl groups excluding tert-OH is 4. The van der Waals surface area contributed by atoms with Gasteiger partial charge in [0.15, 0.2) is 0 Å². The summed E-state index contributed by atoms with van der Waals surface area (Å²) < 4.78 is 0. The van der Waals surface area contributed by atoms with Gasteiger partial charge >= 0.3 is 0 Å². The van der Waals surface area contributed by atoms with Crippen LogP contribution in [0.25, 0.3) is 0 Å². The number of rotatable bonds is 2. The zero-order chi connectivity index (χ0) is 24.9. The molecule has 0 amide bonds. The first-order chi connectivity index (χ1) is 15.7. The summed E-state index contributed by atoms with van der Waals surface area (Å²) in [5.41, 5.74) is 1.42. The maximum atomic E-state index is 11.0. The van der Waals surface area contributed by atoms with Gasteiger partial charge in [-0.05, 0) is 97.2 Å². The molecule has 5 aliphatic carbocycles. The van der Waals surface area contributed by atoms with Gasteiger partial charge in [-0.1, -0.05) is 53.2 Å². The van der Waals surface area contributed by atoms with Crippen LogP contribution in [0.3, 0.4) is 0 Å². The average molecular weight is 475 g/mol. The minimum absolute atomic E-state index is 0.0474. The highest BCUT2D eigenvalue weighted by Gasteiger charge is 2.69. The number of aliphatic hydroxyl groups is 4. The second-order valence-electron chi connectivity index (χ2n) is 15.1. The van der Waals surface area contributed by atoms with E-state index < -0.39 is 17.6 Å². The minimum atomic E-state index is -0.866. The van der Waals surface area contributed by atoms with Gasteiger partial charge in [-0.2, -0.15) is 0 Å². The second kappa shape index (κ2) is 7.55. The Hall–Kier alpha value is -0.420. The second-order valence-corrected chi connectivity index (χ2v) is 15.1. The predicted octanol–water partition coefficient (Wildman–Crippen LogP) is 5.08. The van der Waals surface area contributed by atoms with Crippen LogP contribution in [0.5, 0.6) is 0 Å². The van der Waals surface area contributed by atoms with Crippen LogP contribution in [-0.2, 0) is 0 Å². The SMILES string of the molecule is CC1(C)CCC2(CO)CCC3(C)C(=CCC4C5(C)CC(O)C(O)C(C)(CO)C5CCC43C)C2C1. The van der Waals surface area contributed by atoms with E-state index in [4.69, 9.17) is 0 Å². The van der Waals surface area contributed by atoms with Gasteiger partial charge < -0.3 is 20.4 Å². The van der Waals surface area contributed by atoms with Crippen molar-refractivity contribution >= 4 is 0 Å². The summed E-state index contributed by atoms with van der Waals surface area (Å²) in [6, 6.07) is 0. The van der Waals surface area contributed by atoms with Crippen molar-refractivity contribution in [3.8, 4) is 0 Å². The summed E-state index contributed by atoms with van der Waals surface area (Å²) in [6.07, 6.45) is 10.4. The van der Waals surface area contributed by atoms with Crippen molar-refractivity contribution in [3.05, 3.63) is 11.6 Å². The quantitative estimate of drug-likeness (QED) is 0.421. The molecule has 0 saturated heterocycles. The summed E-state index contributed by atoms with van der Waals surface area (Å²) in [4.78, 5) is 0. The normalized spacial score (nSPS) is 56.4. The van der Waals surface area contributed by atoms with E-state index >= 15 is 0 Å². The third-order valence-corrected chi connectivity index (χ3v) is 13.2. The molecule has 0 aromatic rings. The summed E-state index contributed by atoms with van der Waals surface area (Å²) in [6.45, 7) is 14.4. The third kappa shape index (κ3) is 2.98. The molecule has 5 rings (SSSR count). The van der Waals surface area contributed by atoms with Crippen LogP contribution in [0.2, 0.25) is 0 Å². The Morgan fingerprint density at radius 2 is 1.50 bits per heavy atom. The number of hydrogen-bond acceptors (Lipinski definition) is 4. The van der Waals surface area contributed by atoms with Crippen LogP contribution in [-0.4, -0.2) is 45.8 Å². The van der Waals surface area contributed by atoms with E-state index in [1.54, 1.807) is 5.57 Å². The summed E-state index contributed by atoms with van der Waals surface area (Å²) in [7, 11) is 0. The van der Waals surface area contributed by atoms with Gasteiger partial charge in [0.1, 0.15) is 0 Å². The smallest absolute Gasteiger partial charge is 0.0877 e. The maximum absolute atomic E-state index is 11.0. The van der Waals surface area contributed by atoms with Crippen LogP contribution in [0.4, 0.5) is 0 Å². The van der Waals surface area contributed by atoms with E-state index in [0.29, 0.717) is 30.3 Å². The molecule has 194 valence electrons. The molecule has 0 aromatic heterocycles. The molecule has 4 fully saturated rings. The highest BCUT2D eigenvalue weighted by Crippen LogP contribution is 2.75. The Bertz CT molecular complexity index is 866. The molecule has 4 N–H and O–H groups in total. The van der Waals surface area contributed by atoms with Crippen molar-refractivity contribution in [1.82, 2.24) is 0 Å². The molecule has 0 heterocycles. The Kier molecular flexibility index (Phi) is 5.61. The van der Waals surface area contributed by atoms with Crippen LogP contribution in [0.1, 0.15) is 99.3 Å².